The van der Waals surface area contributed by atoms with E-state index >= 15 is 0 Å². The second-order valence-corrected chi connectivity index (χ2v) is 6.37. The van der Waals surface area contributed by atoms with Crippen LogP contribution in [-0.4, -0.2) is 47.5 Å². The molecule has 0 aromatic carbocycles. The van der Waals surface area contributed by atoms with Gasteiger partial charge in [-0.3, -0.25) is 4.79 Å². The predicted octanol–water partition coefficient (Wildman–Crippen LogP) is 1.35. The number of thiophene rings is 1. The molecule has 1 aliphatic heterocycles. The van der Waals surface area contributed by atoms with Crippen LogP contribution in [0.15, 0.2) is 12.4 Å². The summed E-state index contributed by atoms with van der Waals surface area (Å²) >= 11 is 1.33. The van der Waals surface area contributed by atoms with E-state index in [1.807, 2.05) is 11.9 Å². The van der Waals surface area contributed by atoms with Crippen molar-refractivity contribution >= 4 is 33.3 Å². The van der Waals surface area contributed by atoms with E-state index in [4.69, 9.17) is 5.73 Å². The number of carbonyl (C=O) groups is 1. The zero-order valence-corrected chi connectivity index (χ0v) is 12.8. The predicted molar refractivity (Wildman–Crippen MR) is 84.4 cm³/mol. The second-order valence-electron chi connectivity index (χ2n) is 5.37. The van der Waals surface area contributed by atoms with Gasteiger partial charge in [0.25, 0.3) is 5.91 Å². The molecule has 7 heteroatoms. The summed E-state index contributed by atoms with van der Waals surface area (Å²) in [5.74, 6) is 0.526. The molecule has 0 aliphatic carbocycles. The van der Waals surface area contributed by atoms with Crippen LogP contribution < -0.4 is 11.1 Å². The number of hydrogen-bond acceptors (Lipinski definition) is 6. The fraction of sp³-hybridized carbons (Fsp3) is 0.500. The van der Waals surface area contributed by atoms with Crippen molar-refractivity contribution in [1.82, 2.24) is 20.2 Å². The summed E-state index contributed by atoms with van der Waals surface area (Å²) in [6, 6.07) is 0. The molecule has 2 aromatic rings. The Morgan fingerprint density at radius 2 is 2.33 bits per heavy atom. The molecule has 21 heavy (non-hydrogen) atoms. The standard InChI is InChI=1S/C14H19N5OS/c1-16-7-9-3-2-6-19(8-9)14(20)12-10(15)11-13(21-12)18-5-4-17-11/h4-5,9,16H,2-3,6-8,15H2,1H3. The molecule has 0 saturated carbocycles. The lowest BCUT2D eigenvalue weighted by Gasteiger charge is -2.32. The van der Waals surface area contributed by atoms with E-state index in [0.29, 0.717) is 22.0 Å². The minimum Gasteiger partial charge on any atom is -0.396 e. The van der Waals surface area contributed by atoms with Crippen LogP contribution in [0.25, 0.3) is 10.3 Å². The zero-order chi connectivity index (χ0) is 14.8. The van der Waals surface area contributed by atoms with Crippen molar-refractivity contribution in [3.63, 3.8) is 0 Å². The van der Waals surface area contributed by atoms with Crippen LogP contribution in [0, 0.1) is 5.92 Å². The Kier molecular flexibility index (Phi) is 4.03. The minimum absolute atomic E-state index is 0.0121. The first-order valence-corrected chi connectivity index (χ1v) is 7.95. The van der Waals surface area contributed by atoms with Crippen LogP contribution in [0.1, 0.15) is 22.5 Å². The molecular formula is C14H19N5OS. The van der Waals surface area contributed by atoms with Crippen LogP contribution in [-0.2, 0) is 0 Å². The minimum atomic E-state index is 0.0121. The van der Waals surface area contributed by atoms with Crippen molar-refractivity contribution in [1.29, 1.82) is 0 Å². The van der Waals surface area contributed by atoms with E-state index in [1.54, 1.807) is 12.4 Å². The Bertz CT molecular complexity index is 654. The third kappa shape index (κ3) is 2.71. The Morgan fingerprint density at radius 1 is 1.52 bits per heavy atom. The molecule has 0 spiro atoms. The van der Waals surface area contributed by atoms with E-state index in [0.717, 1.165) is 37.3 Å². The van der Waals surface area contributed by atoms with E-state index in [1.165, 1.54) is 11.3 Å². The van der Waals surface area contributed by atoms with Crippen molar-refractivity contribution in [2.75, 3.05) is 32.4 Å². The molecule has 1 unspecified atom stereocenters. The molecule has 3 rings (SSSR count). The van der Waals surface area contributed by atoms with Gasteiger partial charge in [-0.2, -0.15) is 0 Å². The van der Waals surface area contributed by atoms with Gasteiger partial charge < -0.3 is 16.0 Å². The first kappa shape index (κ1) is 14.2. The highest BCUT2D eigenvalue weighted by atomic mass is 32.1. The van der Waals surface area contributed by atoms with Gasteiger partial charge >= 0.3 is 0 Å². The Labute approximate surface area is 127 Å². The summed E-state index contributed by atoms with van der Waals surface area (Å²) in [5.41, 5.74) is 7.18. The number of carbonyl (C=O) groups excluding carboxylic acids is 1. The number of fused-ring (bicyclic) bond motifs is 1. The number of amides is 1. The summed E-state index contributed by atoms with van der Waals surface area (Å²) < 4.78 is 0. The average Bonchev–Trinajstić information content (AvgIpc) is 2.85. The van der Waals surface area contributed by atoms with Crippen molar-refractivity contribution < 1.29 is 4.79 Å². The van der Waals surface area contributed by atoms with Gasteiger partial charge in [0.2, 0.25) is 0 Å². The highest BCUT2D eigenvalue weighted by Crippen LogP contribution is 2.32. The molecule has 1 aliphatic rings. The van der Waals surface area contributed by atoms with Gasteiger partial charge in [0.1, 0.15) is 15.2 Å². The lowest BCUT2D eigenvalue weighted by Crippen LogP contribution is -2.42. The topological polar surface area (TPSA) is 84.1 Å². The number of hydrogen-bond donors (Lipinski definition) is 2. The third-order valence-electron chi connectivity index (χ3n) is 3.86. The number of anilines is 1. The number of nitrogens with two attached hydrogens (primary N) is 1. The third-order valence-corrected chi connectivity index (χ3v) is 4.95. The Balaban J connectivity index is 1.84. The van der Waals surface area contributed by atoms with Crippen molar-refractivity contribution in [2.24, 2.45) is 5.92 Å². The molecule has 112 valence electrons. The van der Waals surface area contributed by atoms with Gasteiger partial charge in [0.05, 0.1) is 5.69 Å². The number of aromatic nitrogens is 2. The summed E-state index contributed by atoms with van der Waals surface area (Å²) in [6.07, 6.45) is 5.43. The Morgan fingerprint density at radius 3 is 3.10 bits per heavy atom. The van der Waals surface area contributed by atoms with Crippen molar-refractivity contribution in [3.05, 3.63) is 17.3 Å². The van der Waals surface area contributed by atoms with E-state index < -0.39 is 0 Å². The maximum absolute atomic E-state index is 12.7. The van der Waals surface area contributed by atoms with Crippen LogP contribution in [0.3, 0.4) is 0 Å². The quantitative estimate of drug-likeness (QED) is 0.894. The number of piperidine rings is 1. The normalized spacial score (nSPS) is 19.1. The largest absolute Gasteiger partial charge is 0.396 e. The van der Waals surface area contributed by atoms with Crippen LogP contribution in [0.2, 0.25) is 0 Å². The molecule has 3 N–H and O–H groups in total. The van der Waals surface area contributed by atoms with Crippen LogP contribution in [0.5, 0.6) is 0 Å². The molecule has 3 heterocycles. The number of likely N-dealkylation sites (tertiary alicyclic amines) is 1. The van der Waals surface area contributed by atoms with Gasteiger partial charge in [0.15, 0.2) is 0 Å². The fourth-order valence-electron chi connectivity index (χ4n) is 2.85. The number of nitrogens with zero attached hydrogens (tertiary/aromatic N) is 3. The molecule has 0 radical (unpaired) electrons. The molecule has 1 fully saturated rings. The second kappa shape index (κ2) is 5.95. The lowest BCUT2D eigenvalue weighted by molar-refractivity contribution is 0.0680. The van der Waals surface area contributed by atoms with E-state index in [-0.39, 0.29) is 5.91 Å². The van der Waals surface area contributed by atoms with E-state index in [2.05, 4.69) is 15.3 Å². The van der Waals surface area contributed by atoms with Crippen molar-refractivity contribution in [2.45, 2.75) is 12.8 Å². The van der Waals surface area contributed by atoms with Gasteiger partial charge in [0, 0.05) is 25.5 Å². The summed E-state index contributed by atoms with van der Waals surface area (Å²) in [6.45, 7) is 2.52. The number of nitrogen functional groups attached to an aromatic ring is 1. The Hall–Kier alpha value is -1.73. The molecule has 1 amide bonds. The first-order chi connectivity index (χ1) is 10.2. The summed E-state index contributed by atoms with van der Waals surface area (Å²) in [5, 5.41) is 3.19. The van der Waals surface area contributed by atoms with Crippen LogP contribution >= 0.6 is 11.3 Å². The first-order valence-electron chi connectivity index (χ1n) is 7.13. The van der Waals surface area contributed by atoms with Gasteiger partial charge in [-0.05, 0) is 32.4 Å². The highest BCUT2D eigenvalue weighted by Gasteiger charge is 2.27. The maximum atomic E-state index is 12.7. The molecule has 6 nitrogen and oxygen atoms in total. The lowest BCUT2D eigenvalue weighted by atomic mass is 9.98. The van der Waals surface area contributed by atoms with E-state index in [9.17, 15) is 4.79 Å². The zero-order valence-electron chi connectivity index (χ0n) is 12.0. The average molecular weight is 305 g/mol. The van der Waals surface area contributed by atoms with Gasteiger partial charge in [-0.25, -0.2) is 9.97 Å². The van der Waals surface area contributed by atoms with Crippen molar-refractivity contribution in [3.8, 4) is 0 Å². The summed E-state index contributed by atoms with van der Waals surface area (Å²) in [7, 11) is 1.95. The monoisotopic (exact) mass is 305 g/mol. The molecule has 2 aromatic heterocycles. The molecule has 0 bridgehead atoms. The molecule has 1 atom stereocenters. The summed E-state index contributed by atoms with van der Waals surface area (Å²) in [4.78, 5) is 24.4. The van der Waals surface area contributed by atoms with Crippen LogP contribution in [0.4, 0.5) is 5.69 Å². The number of rotatable bonds is 3. The smallest absolute Gasteiger partial charge is 0.266 e. The maximum Gasteiger partial charge on any atom is 0.266 e. The number of nitrogens with one attached hydrogen (secondary N) is 1. The highest BCUT2D eigenvalue weighted by molar-refractivity contribution is 7.21. The molecular weight excluding hydrogens is 286 g/mol. The van der Waals surface area contributed by atoms with Gasteiger partial charge in [-0.1, -0.05) is 0 Å². The molecule has 1 saturated heterocycles. The van der Waals surface area contributed by atoms with Gasteiger partial charge in [-0.15, -0.1) is 11.3 Å². The SMILES string of the molecule is CNCC1CCCN(C(=O)c2sc3nccnc3c2N)C1. The fourth-order valence-corrected chi connectivity index (χ4v) is 3.84.